The highest BCUT2D eigenvalue weighted by Gasteiger charge is 2.32. The van der Waals surface area contributed by atoms with Crippen molar-refractivity contribution < 1.29 is 47.0 Å². The summed E-state index contributed by atoms with van der Waals surface area (Å²) >= 11 is 0. The second-order valence-electron chi connectivity index (χ2n) is 11.3. The van der Waals surface area contributed by atoms with E-state index in [9.17, 15) is 37.1 Å². The number of ketones is 2. The van der Waals surface area contributed by atoms with Crippen molar-refractivity contribution in [2.24, 2.45) is 5.92 Å². The van der Waals surface area contributed by atoms with E-state index in [1.807, 2.05) is 24.3 Å². The molecule has 0 saturated heterocycles. The fourth-order valence-corrected chi connectivity index (χ4v) is 5.43. The number of hydrogen-bond donors (Lipinski definition) is 3. The number of Topliss-reactive ketones (excluding diaryl/α,β-unsaturated/α-hetero) is 1. The van der Waals surface area contributed by atoms with Gasteiger partial charge >= 0.3 is 12.3 Å². The zero-order chi connectivity index (χ0) is 34.1. The molecule has 2 amide bonds. The van der Waals surface area contributed by atoms with Crippen molar-refractivity contribution in [1.82, 2.24) is 10.6 Å². The molecule has 0 aliphatic heterocycles. The fraction of sp³-hybridized carbons (Fsp3) is 0.286. The molecule has 12 heteroatoms. The van der Waals surface area contributed by atoms with Crippen molar-refractivity contribution in [3.05, 3.63) is 101 Å². The normalized spacial score (nSPS) is 16.9. The summed E-state index contributed by atoms with van der Waals surface area (Å²) in [5.41, 5.74) is 2.50. The van der Waals surface area contributed by atoms with Crippen molar-refractivity contribution in [1.29, 1.82) is 0 Å². The van der Waals surface area contributed by atoms with Crippen LogP contribution < -0.4 is 15.4 Å². The van der Waals surface area contributed by atoms with Crippen molar-refractivity contribution in [2.75, 3.05) is 0 Å². The number of carbonyl (C=O) groups excluding carboxylic acids is 4. The standard InChI is InChI=1S/C35H33F3N2O7/c1-21(41)39-30(20-31(42)26-7-4-5-23(18-26)19-32(43)44)34(46)40-29-8-3-2-6-27(33(29)45)17-22-9-11-24(12-10-22)25-13-15-28(16-14-25)47-35(36,37)38/h4-5,7,9-16,18,20,27,29H,2-3,6,8,17,19H2,1H3,(H,39,41)(H,40,46)(H,43,44)/b30-20+. The smallest absolute Gasteiger partial charge is 0.481 e. The predicted octanol–water partition coefficient (Wildman–Crippen LogP) is 5.57. The van der Waals surface area contributed by atoms with Gasteiger partial charge in [-0.15, -0.1) is 13.2 Å². The van der Waals surface area contributed by atoms with E-state index < -0.39 is 41.9 Å². The third-order valence-corrected chi connectivity index (χ3v) is 7.60. The van der Waals surface area contributed by atoms with Crippen LogP contribution in [-0.2, 0) is 32.0 Å². The van der Waals surface area contributed by atoms with Gasteiger partial charge in [-0.05, 0) is 59.7 Å². The van der Waals surface area contributed by atoms with Gasteiger partial charge in [-0.2, -0.15) is 0 Å². The molecule has 9 nitrogen and oxygen atoms in total. The first-order valence-corrected chi connectivity index (χ1v) is 14.9. The molecule has 0 heterocycles. The number of allylic oxidation sites excluding steroid dienone is 1. The van der Waals surface area contributed by atoms with Crippen LogP contribution in [0.25, 0.3) is 11.1 Å². The number of rotatable bonds is 11. The van der Waals surface area contributed by atoms with Gasteiger partial charge in [0.15, 0.2) is 11.6 Å². The summed E-state index contributed by atoms with van der Waals surface area (Å²) in [5, 5.41) is 14.1. The molecular formula is C35H33F3N2O7. The van der Waals surface area contributed by atoms with Crippen LogP contribution in [-0.4, -0.2) is 46.9 Å². The van der Waals surface area contributed by atoms with E-state index in [0.29, 0.717) is 36.8 Å². The van der Waals surface area contributed by atoms with E-state index >= 15 is 0 Å². The summed E-state index contributed by atoms with van der Waals surface area (Å²) in [6.07, 6.45) is -1.29. The Kier molecular flexibility index (Phi) is 11.3. The summed E-state index contributed by atoms with van der Waals surface area (Å²) in [5.74, 6) is -3.99. The first-order chi connectivity index (χ1) is 22.3. The quantitative estimate of drug-likeness (QED) is 0.140. The van der Waals surface area contributed by atoms with Gasteiger partial charge in [0.25, 0.3) is 5.91 Å². The van der Waals surface area contributed by atoms with Gasteiger partial charge < -0.3 is 20.5 Å². The number of carboxylic acid groups (broad SMARTS) is 1. The number of hydrogen-bond acceptors (Lipinski definition) is 6. The van der Waals surface area contributed by atoms with Gasteiger partial charge in [0.1, 0.15) is 11.4 Å². The highest BCUT2D eigenvalue weighted by molar-refractivity contribution is 6.11. The molecule has 3 aromatic rings. The zero-order valence-corrected chi connectivity index (χ0v) is 25.4. The Hall–Kier alpha value is -5.26. The molecule has 1 saturated carbocycles. The molecule has 246 valence electrons. The average Bonchev–Trinajstić information content (AvgIpc) is 3.17. The first kappa shape index (κ1) is 34.6. The van der Waals surface area contributed by atoms with Gasteiger partial charge in [-0.3, -0.25) is 24.0 Å². The summed E-state index contributed by atoms with van der Waals surface area (Å²) in [4.78, 5) is 62.8. The number of alkyl halides is 3. The number of benzene rings is 3. The van der Waals surface area contributed by atoms with Gasteiger partial charge in [-0.1, -0.05) is 67.4 Å². The Labute approximate surface area is 268 Å². The van der Waals surface area contributed by atoms with Gasteiger partial charge in [0, 0.05) is 24.5 Å². The summed E-state index contributed by atoms with van der Waals surface area (Å²) in [6.45, 7) is 1.18. The Morgan fingerprint density at radius 3 is 2.17 bits per heavy atom. The monoisotopic (exact) mass is 650 g/mol. The van der Waals surface area contributed by atoms with E-state index in [4.69, 9.17) is 5.11 Å². The SMILES string of the molecule is CC(=O)N/C(=C/C(=O)c1cccc(CC(=O)O)c1)C(=O)NC1CCCCC(Cc2ccc(-c3ccc(OC(F)(F)F)cc3)cc2)C1=O. The second kappa shape index (κ2) is 15.4. The highest BCUT2D eigenvalue weighted by atomic mass is 19.4. The minimum Gasteiger partial charge on any atom is -0.481 e. The number of halogens is 3. The zero-order valence-electron chi connectivity index (χ0n) is 25.4. The number of amides is 2. The molecule has 2 atom stereocenters. The van der Waals surface area contributed by atoms with Gasteiger partial charge in [-0.25, -0.2) is 0 Å². The number of carboxylic acids is 1. The molecule has 1 fully saturated rings. The molecule has 1 aliphatic carbocycles. The van der Waals surface area contributed by atoms with Crippen molar-refractivity contribution in [3.8, 4) is 16.9 Å². The lowest BCUT2D eigenvalue weighted by atomic mass is 9.89. The molecule has 0 spiro atoms. The van der Waals surface area contributed by atoms with E-state index in [1.54, 1.807) is 6.07 Å². The second-order valence-corrected chi connectivity index (χ2v) is 11.3. The van der Waals surface area contributed by atoms with Crippen LogP contribution in [0.15, 0.2) is 84.6 Å². The van der Waals surface area contributed by atoms with Crippen molar-refractivity contribution in [3.63, 3.8) is 0 Å². The average molecular weight is 651 g/mol. The third-order valence-electron chi connectivity index (χ3n) is 7.60. The number of ether oxygens (including phenoxy) is 1. The lowest BCUT2D eigenvalue weighted by molar-refractivity contribution is -0.274. The van der Waals surface area contributed by atoms with E-state index in [1.165, 1.54) is 49.4 Å². The van der Waals surface area contributed by atoms with E-state index in [0.717, 1.165) is 23.6 Å². The number of aliphatic carboxylic acids is 1. The van der Waals surface area contributed by atoms with E-state index in [2.05, 4.69) is 15.4 Å². The highest BCUT2D eigenvalue weighted by Crippen LogP contribution is 2.28. The minimum atomic E-state index is -4.77. The maximum atomic E-state index is 13.6. The molecule has 3 N–H and O–H groups in total. The molecule has 4 rings (SSSR count). The summed E-state index contributed by atoms with van der Waals surface area (Å²) in [7, 11) is 0. The number of nitrogens with one attached hydrogen (secondary N) is 2. The topological polar surface area (TPSA) is 139 Å². The first-order valence-electron chi connectivity index (χ1n) is 14.9. The predicted molar refractivity (Wildman–Crippen MR) is 165 cm³/mol. The van der Waals surface area contributed by atoms with Crippen LogP contribution in [0.3, 0.4) is 0 Å². The third kappa shape index (κ3) is 10.4. The van der Waals surface area contributed by atoms with Crippen LogP contribution in [0.5, 0.6) is 5.75 Å². The minimum absolute atomic E-state index is 0.128. The molecule has 2 unspecified atom stereocenters. The van der Waals surface area contributed by atoms with Crippen molar-refractivity contribution in [2.45, 2.75) is 57.9 Å². The Morgan fingerprint density at radius 1 is 0.915 bits per heavy atom. The Morgan fingerprint density at radius 2 is 1.55 bits per heavy atom. The molecular weight excluding hydrogens is 617 g/mol. The summed E-state index contributed by atoms with van der Waals surface area (Å²) < 4.78 is 41.3. The molecule has 0 radical (unpaired) electrons. The Bertz CT molecular complexity index is 1670. The molecule has 1 aliphatic rings. The van der Waals surface area contributed by atoms with Gasteiger partial charge in [0.2, 0.25) is 5.91 Å². The van der Waals surface area contributed by atoms with Crippen LogP contribution in [0.1, 0.15) is 54.1 Å². The molecule has 0 bridgehead atoms. The summed E-state index contributed by atoms with van der Waals surface area (Å²) in [6, 6.07) is 17.9. The Balaban J connectivity index is 1.43. The molecule has 3 aromatic carbocycles. The van der Waals surface area contributed by atoms with Crippen LogP contribution in [0, 0.1) is 5.92 Å². The maximum absolute atomic E-state index is 13.6. The van der Waals surface area contributed by atoms with Crippen LogP contribution in [0.4, 0.5) is 13.2 Å². The van der Waals surface area contributed by atoms with Crippen LogP contribution in [0.2, 0.25) is 0 Å². The van der Waals surface area contributed by atoms with Gasteiger partial charge in [0.05, 0.1) is 12.5 Å². The molecule has 47 heavy (non-hydrogen) atoms. The van der Waals surface area contributed by atoms with Crippen molar-refractivity contribution >= 4 is 29.4 Å². The maximum Gasteiger partial charge on any atom is 0.573 e. The van der Waals surface area contributed by atoms with E-state index in [-0.39, 0.29) is 29.2 Å². The van der Waals surface area contributed by atoms with Crippen LogP contribution >= 0.6 is 0 Å². The molecule has 0 aromatic heterocycles. The lowest BCUT2D eigenvalue weighted by Gasteiger charge is -2.21. The number of carbonyl (C=O) groups is 5. The fourth-order valence-electron chi connectivity index (χ4n) is 5.43. The largest absolute Gasteiger partial charge is 0.573 e. The lowest BCUT2D eigenvalue weighted by Crippen LogP contribution is -2.46.